The maximum absolute atomic E-state index is 12.4. The topological polar surface area (TPSA) is 22.0 Å². The standard InChI is InChI=1S/C19H23NO/c1-13-7-5-6-8-15(13)12-20-14(2)9-16-17(20)10-19(3,4)11-18(16)21/h5-9H,10-12H2,1-4H3. The molecule has 110 valence electrons. The molecule has 1 aromatic carbocycles. The van der Waals surface area contributed by atoms with Crippen molar-refractivity contribution in [1.29, 1.82) is 0 Å². The van der Waals surface area contributed by atoms with Crippen LogP contribution in [0.1, 0.15) is 53.1 Å². The lowest BCUT2D eigenvalue weighted by atomic mass is 9.76. The molecule has 0 saturated carbocycles. The van der Waals surface area contributed by atoms with Gasteiger partial charge in [0.25, 0.3) is 0 Å². The van der Waals surface area contributed by atoms with E-state index in [4.69, 9.17) is 0 Å². The minimum atomic E-state index is 0.0678. The number of rotatable bonds is 2. The summed E-state index contributed by atoms with van der Waals surface area (Å²) in [5, 5.41) is 0. The van der Waals surface area contributed by atoms with E-state index in [-0.39, 0.29) is 5.41 Å². The number of fused-ring (bicyclic) bond motifs is 1. The highest BCUT2D eigenvalue weighted by Gasteiger charge is 2.33. The van der Waals surface area contributed by atoms with E-state index in [1.165, 1.54) is 22.5 Å². The quantitative estimate of drug-likeness (QED) is 0.804. The zero-order valence-electron chi connectivity index (χ0n) is 13.4. The molecule has 0 saturated heterocycles. The predicted octanol–water partition coefficient (Wildman–Crippen LogP) is 4.31. The smallest absolute Gasteiger partial charge is 0.165 e. The second kappa shape index (κ2) is 4.87. The SMILES string of the molecule is Cc1ccccc1Cn1c(C)cc2c1CC(C)(C)CC2=O. The molecule has 21 heavy (non-hydrogen) atoms. The Labute approximate surface area is 126 Å². The third-order valence-corrected chi connectivity index (χ3v) is 4.59. The molecule has 1 aliphatic carbocycles. The third kappa shape index (κ3) is 2.55. The van der Waals surface area contributed by atoms with Gasteiger partial charge in [-0.05, 0) is 42.9 Å². The molecule has 0 radical (unpaired) electrons. The van der Waals surface area contributed by atoms with Gasteiger partial charge in [-0.1, -0.05) is 38.1 Å². The number of nitrogens with zero attached hydrogens (tertiary/aromatic N) is 1. The van der Waals surface area contributed by atoms with Crippen LogP contribution >= 0.6 is 0 Å². The number of hydrogen-bond donors (Lipinski definition) is 0. The third-order valence-electron chi connectivity index (χ3n) is 4.59. The lowest BCUT2D eigenvalue weighted by Gasteiger charge is -2.30. The van der Waals surface area contributed by atoms with Gasteiger partial charge in [0.15, 0.2) is 5.78 Å². The second-order valence-electron chi connectivity index (χ2n) is 7.10. The van der Waals surface area contributed by atoms with E-state index in [0.717, 1.165) is 18.5 Å². The first-order valence-corrected chi connectivity index (χ1v) is 7.64. The molecule has 0 aliphatic heterocycles. The molecule has 0 amide bonds. The summed E-state index contributed by atoms with van der Waals surface area (Å²) in [4.78, 5) is 12.4. The van der Waals surface area contributed by atoms with Crippen molar-refractivity contribution in [3.63, 3.8) is 0 Å². The lowest BCUT2D eigenvalue weighted by Crippen LogP contribution is -2.28. The van der Waals surface area contributed by atoms with Crippen LogP contribution in [0, 0.1) is 19.3 Å². The molecule has 2 heteroatoms. The molecule has 3 rings (SSSR count). The van der Waals surface area contributed by atoms with Crippen LogP contribution in [-0.2, 0) is 13.0 Å². The van der Waals surface area contributed by atoms with Crippen molar-refractivity contribution in [1.82, 2.24) is 4.57 Å². The number of carbonyl (C=O) groups excluding carboxylic acids is 1. The van der Waals surface area contributed by atoms with Gasteiger partial charge in [-0.3, -0.25) is 4.79 Å². The Bertz CT molecular complexity index is 706. The van der Waals surface area contributed by atoms with Gasteiger partial charge < -0.3 is 4.57 Å². The molecule has 0 spiro atoms. The van der Waals surface area contributed by atoms with Crippen LogP contribution in [0.25, 0.3) is 0 Å². The summed E-state index contributed by atoms with van der Waals surface area (Å²) in [6.45, 7) is 9.49. The highest BCUT2D eigenvalue weighted by Crippen LogP contribution is 2.36. The average Bonchev–Trinajstić information content (AvgIpc) is 2.69. The van der Waals surface area contributed by atoms with Crippen molar-refractivity contribution in [2.75, 3.05) is 0 Å². The molecule has 1 aliphatic rings. The molecule has 0 atom stereocenters. The zero-order valence-corrected chi connectivity index (χ0v) is 13.4. The van der Waals surface area contributed by atoms with Crippen molar-refractivity contribution >= 4 is 5.78 Å². The maximum Gasteiger partial charge on any atom is 0.165 e. The molecule has 0 unspecified atom stereocenters. The van der Waals surface area contributed by atoms with Crippen molar-refractivity contribution < 1.29 is 4.79 Å². The summed E-state index contributed by atoms with van der Waals surface area (Å²) in [7, 11) is 0. The number of hydrogen-bond acceptors (Lipinski definition) is 1. The number of aryl methyl sites for hydroxylation is 2. The molecule has 0 bridgehead atoms. The van der Waals surface area contributed by atoms with E-state index < -0.39 is 0 Å². The molecule has 1 aromatic heterocycles. The number of aromatic nitrogens is 1. The normalized spacial score (nSPS) is 16.9. The summed E-state index contributed by atoms with van der Waals surface area (Å²) in [6, 6.07) is 10.6. The molecular formula is C19H23NO. The van der Waals surface area contributed by atoms with E-state index in [0.29, 0.717) is 12.2 Å². The van der Waals surface area contributed by atoms with Crippen molar-refractivity contribution in [2.45, 2.75) is 47.1 Å². The first-order valence-electron chi connectivity index (χ1n) is 7.64. The largest absolute Gasteiger partial charge is 0.344 e. The first-order chi connectivity index (χ1) is 9.87. The van der Waals surface area contributed by atoms with E-state index in [1.54, 1.807) is 0 Å². The van der Waals surface area contributed by atoms with Crippen LogP contribution < -0.4 is 0 Å². The summed E-state index contributed by atoms with van der Waals surface area (Å²) in [5.41, 5.74) is 6.06. The summed E-state index contributed by atoms with van der Waals surface area (Å²) < 4.78 is 2.33. The number of ketones is 1. The van der Waals surface area contributed by atoms with Crippen LogP contribution in [0.2, 0.25) is 0 Å². The Hall–Kier alpha value is -1.83. The van der Waals surface area contributed by atoms with E-state index in [1.807, 2.05) is 0 Å². The number of benzene rings is 1. The van der Waals surface area contributed by atoms with Gasteiger partial charge >= 0.3 is 0 Å². The monoisotopic (exact) mass is 281 g/mol. The van der Waals surface area contributed by atoms with Gasteiger partial charge in [0, 0.05) is 29.9 Å². The molecular weight excluding hydrogens is 258 g/mol. The van der Waals surface area contributed by atoms with Gasteiger partial charge in [-0.15, -0.1) is 0 Å². The number of Topliss-reactive ketones (excluding diaryl/α,β-unsaturated/α-hetero) is 1. The van der Waals surface area contributed by atoms with E-state index >= 15 is 0 Å². The minimum Gasteiger partial charge on any atom is -0.344 e. The molecule has 1 heterocycles. The average molecular weight is 281 g/mol. The zero-order chi connectivity index (χ0) is 15.2. The fourth-order valence-electron chi connectivity index (χ4n) is 3.38. The van der Waals surface area contributed by atoms with Crippen LogP contribution in [0.5, 0.6) is 0 Å². The Morgan fingerprint density at radius 2 is 1.86 bits per heavy atom. The van der Waals surface area contributed by atoms with Crippen molar-refractivity contribution in [3.8, 4) is 0 Å². The van der Waals surface area contributed by atoms with E-state index in [2.05, 4.69) is 62.6 Å². The second-order valence-corrected chi connectivity index (χ2v) is 7.10. The van der Waals surface area contributed by atoms with Gasteiger partial charge in [0.2, 0.25) is 0 Å². The molecule has 0 fully saturated rings. The van der Waals surface area contributed by atoms with Crippen LogP contribution in [-0.4, -0.2) is 10.4 Å². The maximum atomic E-state index is 12.4. The van der Waals surface area contributed by atoms with Gasteiger partial charge in [-0.25, -0.2) is 0 Å². The predicted molar refractivity (Wildman–Crippen MR) is 85.9 cm³/mol. The Morgan fingerprint density at radius 1 is 1.14 bits per heavy atom. The van der Waals surface area contributed by atoms with Gasteiger partial charge in [-0.2, -0.15) is 0 Å². The van der Waals surface area contributed by atoms with Crippen molar-refractivity contribution in [3.05, 3.63) is 58.4 Å². The Balaban J connectivity index is 2.05. The van der Waals surface area contributed by atoms with Crippen LogP contribution in [0.3, 0.4) is 0 Å². The lowest BCUT2D eigenvalue weighted by molar-refractivity contribution is 0.0910. The summed E-state index contributed by atoms with van der Waals surface area (Å²) >= 11 is 0. The Kier molecular flexibility index (Phi) is 3.27. The summed E-state index contributed by atoms with van der Waals surface area (Å²) in [5.74, 6) is 0.299. The van der Waals surface area contributed by atoms with Crippen LogP contribution in [0.15, 0.2) is 30.3 Å². The fourth-order valence-corrected chi connectivity index (χ4v) is 3.38. The highest BCUT2D eigenvalue weighted by molar-refractivity contribution is 5.99. The minimum absolute atomic E-state index is 0.0678. The van der Waals surface area contributed by atoms with Crippen molar-refractivity contribution in [2.24, 2.45) is 5.41 Å². The summed E-state index contributed by atoms with van der Waals surface area (Å²) in [6.07, 6.45) is 1.64. The molecule has 2 nitrogen and oxygen atoms in total. The fraction of sp³-hybridized carbons (Fsp3) is 0.421. The first kappa shape index (κ1) is 14.1. The highest BCUT2D eigenvalue weighted by atomic mass is 16.1. The van der Waals surface area contributed by atoms with Gasteiger partial charge in [0.1, 0.15) is 0 Å². The molecule has 2 aromatic rings. The molecule has 0 N–H and O–H groups in total. The van der Waals surface area contributed by atoms with Crippen LogP contribution in [0.4, 0.5) is 0 Å². The Morgan fingerprint density at radius 3 is 2.57 bits per heavy atom. The van der Waals surface area contributed by atoms with Gasteiger partial charge in [0.05, 0.1) is 0 Å². The number of carbonyl (C=O) groups is 1. The van der Waals surface area contributed by atoms with E-state index in [9.17, 15) is 4.79 Å².